The van der Waals surface area contributed by atoms with Crippen molar-refractivity contribution >= 4 is 19.7 Å². The summed E-state index contributed by atoms with van der Waals surface area (Å²) < 4.78 is 49.7. The van der Waals surface area contributed by atoms with Crippen LogP contribution in [0.5, 0.6) is 0 Å². The molecule has 0 N–H and O–H groups in total. The van der Waals surface area contributed by atoms with Crippen molar-refractivity contribution in [3.05, 3.63) is 59.7 Å². The van der Waals surface area contributed by atoms with Gasteiger partial charge in [-0.3, -0.25) is 0 Å². The first-order valence-corrected chi connectivity index (χ1v) is 11.0. The maximum absolute atomic E-state index is 12.4. The van der Waals surface area contributed by atoms with Crippen molar-refractivity contribution in [2.24, 2.45) is 5.92 Å². The Bertz CT molecular complexity index is 817. The van der Waals surface area contributed by atoms with Gasteiger partial charge in [0.2, 0.25) is 0 Å². The van der Waals surface area contributed by atoms with Crippen molar-refractivity contribution in [2.75, 3.05) is 11.5 Å². The number of benzene rings is 2. The molecule has 0 bridgehead atoms. The number of rotatable bonds is 6. The summed E-state index contributed by atoms with van der Waals surface area (Å²) in [5.41, 5.74) is 1.95. The van der Waals surface area contributed by atoms with E-state index in [-0.39, 0.29) is 21.3 Å². The molecule has 0 amide bonds. The summed E-state index contributed by atoms with van der Waals surface area (Å²) in [6.07, 6.45) is 0. The summed E-state index contributed by atoms with van der Waals surface area (Å²) in [7, 11) is -7.00. The molecule has 2 aromatic carbocycles. The van der Waals surface area contributed by atoms with Crippen LogP contribution in [0.2, 0.25) is 0 Å². The first-order valence-electron chi connectivity index (χ1n) is 7.69. The molecule has 0 aromatic heterocycles. The molecular weight excluding hydrogens is 344 g/mol. The maximum Gasteiger partial charge on any atom is 0.178 e. The summed E-state index contributed by atoms with van der Waals surface area (Å²) in [4.78, 5) is 0.459. The number of hydrogen-bond donors (Lipinski definition) is 0. The highest BCUT2D eigenvalue weighted by molar-refractivity contribution is 7.92. The lowest BCUT2D eigenvalue weighted by atomic mass is 10.2. The van der Waals surface area contributed by atoms with Gasteiger partial charge in [-0.1, -0.05) is 42.3 Å². The highest BCUT2D eigenvalue weighted by atomic mass is 32.2. The van der Waals surface area contributed by atoms with E-state index in [1.54, 1.807) is 55.5 Å². The highest BCUT2D eigenvalue weighted by Gasteiger charge is 2.24. The molecule has 0 saturated heterocycles. The fourth-order valence-corrected chi connectivity index (χ4v) is 5.85. The summed E-state index contributed by atoms with van der Waals surface area (Å²) in [5.74, 6) is -0.884. The number of sulfone groups is 2. The van der Waals surface area contributed by atoms with Gasteiger partial charge in [-0.15, -0.1) is 0 Å². The van der Waals surface area contributed by atoms with Crippen LogP contribution < -0.4 is 0 Å². The molecule has 0 aliphatic heterocycles. The molecule has 0 saturated carbocycles. The molecule has 2 aromatic rings. The minimum atomic E-state index is -3.50. The van der Waals surface area contributed by atoms with E-state index in [0.717, 1.165) is 11.1 Å². The van der Waals surface area contributed by atoms with Crippen LogP contribution in [0.4, 0.5) is 0 Å². The van der Waals surface area contributed by atoms with Crippen LogP contribution in [0.25, 0.3) is 0 Å². The SMILES string of the molecule is Cc1ccc(S(=O)(=O)CC(C)CS(=O)(=O)c2ccc(C)cc2)cc1. The van der Waals surface area contributed by atoms with Gasteiger partial charge in [-0.25, -0.2) is 16.8 Å². The summed E-state index contributed by atoms with van der Waals surface area (Å²) in [6, 6.07) is 13.2. The third-order valence-electron chi connectivity index (χ3n) is 3.77. The molecule has 0 unspecified atom stereocenters. The normalized spacial score (nSPS) is 12.5. The van der Waals surface area contributed by atoms with E-state index < -0.39 is 25.6 Å². The van der Waals surface area contributed by atoms with Gasteiger partial charge < -0.3 is 0 Å². The van der Waals surface area contributed by atoms with Crippen molar-refractivity contribution in [2.45, 2.75) is 30.6 Å². The molecule has 4 nitrogen and oxygen atoms in total. The zero-order valence-electron chi connectivity index (χ0n) is 14.1. The molecular formula is C18H22O4S2. The first-order chi connectivity index (χ1) is 11.1. The average Bonchev–Trinajstić information content (AvgIpc) is 2.46. The van der Waals surface area contributed by atoms with Gasteiger partial charge in [0.1, 0.15) is 0 Å². The van der Waals surface area contributed by atoms with Gasteiger partial charge in [0.15, 0.2) is 19.7 Å². The Morgan fingerprint density at radius 2 is 0.958 bits per heavy atom. The Balaban J connectivity index is 2.13. The van der Waals surface area contributed by atoms with Gasteiger partial charge in [0.05, 0.1) is 21.3 Å². The molecule has 130 valence electrons. The van der Waals surface area contributed by atoms with Crippen molar-refractivity contribution in [3.8, 4) is 0 Å². The molecule has 0 fully saturated rings. The van der Waals surface area contributed by atoms with Crippen LogP contribution in [0.1, 0.15) is 18.1 Å². The predicted octanol–water partition coefficient (Wildman–Crippen LogP) is 3.19. The lowest BCUT2D eigenvalue weighted by Gasteiger charge is -2.13. The van der Waals surface area contributed by atoms with Crippen LogP contribution in [-0.2, 0) is 19.7 Å². The molecule has 0 radical (unpaired) electrons. The van der Waals surface area contributed by atoms with E-state index in [1.807, 2.05) is 13.8 Å². The zero-order chi connectivity index (χ0) is 18.0. The Kier molecular flexibility index (Phi) is 5.50. The minimum Gasteiger partial charge on any atom is -0.224 e. The van der Waals surface area contributed by atoms with Gasteiger partial charge in [0.25, 0.3) is 0 Å². The Hall–Kier alpha value is -1.66. The molecule has 0 aliphatic carbocycles. The van der Waals surface area contributed by atoms with E-state index in [2.05, 4.69) is 0 Å². The maximum atomic E-state index is 12.4. The van der Waals surface area contributed by atoms with Gasteiger partial charge in [-0.05, 0) is 44.0 Å². The predicted molar refractivity (Wildman–Crippen MR) is 95.6 cm³/mol. The van der Waals surface area contributed by atoms with Gasteiger partial charge in [0, 0.05) is 0 Å². The van der Waals surface area contributed by atoms with Crippen LogP contribution in [0, 0.1) is 19.8 Å². The third-order valence-corrected chi connectivity index (χ3v) is 7.76. The van der Waals surface area contributed by atoms with Crippen molar-refractivity contribution in [3.63, 3.8) is 0 Å². The van der Waals surface area contributed by atoms with Crippen molar-refractivity contribution < 1.29 is 16.8 Å². The second-order valence-electron chi connectivity index (χ2n) is 6.29. The van der Waals surface area contributed by atoms with Crippen molar-refractivity contribution in [1.29, 1.82) is 0 Å². The van der Waals surface area contributed by atoms with Crippen LogP contribution in [0.3, 0.4) is 0 Å². The second kappa shape index (κ2) is 7.07. The monoisotopic (exact) mass is 366 g/mol. The number of hydrogen-bond acceptors (Lipinski definition) is 4. The molecule has 0 aliphatic rings. The standard InChI is InChI=1S/C18H22O4S2/c1-14-4-8-17(9-5-14)23(19,20)12-16(3)13-24(21,22)18-10-6-15(2)7-11-18/h4-11,16H,12-13H2,1-3H3. The average molecular weight is 367 g/mol. The Morgan fingerprint density at radius 1 is 0.667 bits per heavy atom. The lowest BCUT2D eigenvalue weighted by Crippen LogP contribution is -2.22. The fraction of sp³-hybridized carbons (Fsp3) is 0.333. The van der Waals surface area contributed by atoms with E-state index in [0.29, 0.717) is 0 Å². The highest BCUT2D eigenvalue weighted by Crippen LogP contribution is 2.19. The summed E-state index contributed by atoms with van der Waals surface area (Å²) >= 11 is 0. The Labute approximate surface area is 144 Å². The molecule has 0 atom stereocenters. The van der Waals surface area contributed by atoms with E-state index in [4.69, 9.17) is 0 Å². The summed E-state index contributed by atoms with van der Waals surface area (Å²) in [5, 5.41) is 0. The molecule has 0 heterocycles. The Morgan fingerprint density at radius 3 is 1.25 bits per heavy atom. The molecule has 2 rings (SSSR count). The molecule has 0 spiro atoms. The lowest BCUT2D eigenvalue weighted by molar-refractivity contribution is 0.570. The molecule has 6 heteroatoms. The van der Waals surface area contributed by atoms with Crippen LogP contribution >= 0.6 is 0 Å². The molecule has 24 heavy (non-hydrogen) atoms. The largest absolute Gasteiger partial charge is 0.224 e. The third kappa shape index (κ3) is 4.68. The van der Waals surface area contributed by atoms with E-state index >= 15 is 0 Å². The van der Waals surface area contributed by atoms with Crippen molar-refractivity contribution in [1.82, 2.24) is 0 Å². The first kappa shape index (κ1) is 18.7. The van der Waals surface area contributed by atoms with Gasteiger partial charge >= 0.3 is 0 Å². The van der Waals surface area contributed by atoms with E-state index in [1.165, 1.54) is 0 Å². The van der Waals surface area contributed by atoms with Gasteiger partial charge in [-0.2, -0.15) is 0 Å². The summed E-state index contributed by atoms with van der Waals surface area (Å²) in [6.45, 7) is 5.41. The second-order valence-corrected chi connectivity index (χ2v) is 10.4. The fourth-order valence-electron chi connectivity index (χ4n) is 2.48. The topological polar surface area (TPSA) is 68.3 Å². The quantitative estimate of drug-likeness (QED) is 0.787. The minimum absolute atomic E-state index is 0.193. The number of aryl methyl sites for hydroxylation is 2. The van der Waals surface area contributed by atoms with Crippen LogP contribution in [0.15, 0.2) is 58.3 Å². The van der Waals surface area contributed by atoms with Crippen LogP contribution in [-0.4, -0.2) is 28.3 Å². The zero-order valence-corrected chi connectivity index (χ0v) is 15.7. The van der Waals surface area contributed by atoms with E-state index in [9.17, 15) is 16.8 Å². The smallest absolute Gasteiger partial charge is 0.178 e.